The Morgan fingerprint density at radius 3 is 2.78 bits per heavy atom. The fraction of sp³-hybridized carbons (Fsp3) is 0.812. The molecule has 1 aliphatic carbocycles. The van der Waals surface area contributed by atoms with Crippen LogP contribution in [0.1, 0.15) is 43.8 Å². The lowest BCUT2D eigenvalue weighted by molar-refractivity contribution is -0.131. The molecule has 0 unspecified atom stereocenters. The first-order valence-electron chi connectivity index (χ1n) is 8.46. The Hall–Kier alpha value is -1.47. The molecule has 2 fully saturated rings. The van der Waals surface area contributed by atoms with Gasteiger partial charge in [-0.3, -0.25) is 9.69 Å². The van der Waals surface area contributed by atoms with Crippen LogP contribution < -0.4 is 0 Å². The summed E-state index contributed by atoms with van der Waals surface area (Å²) in [4.78, 5) is 16.5. The summed E-state index contributed by atoms with van der Waals surface area (Å²) in [6.07, 6.45) is 3.43. The lowest BCUT2D eigenvalue weighted by Crippen LogP contribution is -2.41. The molecule has 1 aliphatic heterocycles. The summed E-state index contributed by atoms with van der Waals surface area (Å²) < 4.78 is 7.22. The molecule has 2 aliphatic rings. The first-order chi connectivity index (χ1) is 11.1. The second kappa shape index (κ2) is 6.97. The van der Waals surface area contributed by atoms with Crippen molar-refractivity contribution in [3.63, 3.8) is 0 Å². The van der Waals surface area contributed by atoms with E-state index in [-0.39, 0.29) is 11.9 Å². The largest absolute Gasteiger partial charge is 0.383 e. The molecule has 1 aromatic heterocycles. The number of amides is 1. The van der Waals surface area contributed by atoms with E-state index in [2.05, 4.69) is 19.7 Å². The van der Waals surface area contributed by atoms with E-state index in [0.29, 0.717) is 12.5 Å². The van der Waals surface area contributed by atoms with Crippen LogP contribution in [-0.4, -0.2) is 69.9 Å². The molecule has 0 N–H and O–H groups in total. The maximum atomic E-state index is 12.1. The standard InChI is InChI=1S/C16H27N5O2/c1-12(22)21(14-6-7-20(10-14)8-9-23-3)11-15-17-18-16(19(15)2)13-4-5-13/h13-14H,4-11H2,1-3H3/t14-/m1/s1. The molecule has 128 valence electrons. The van der Waals surface area contributed by atoms with E-state index < -0.39 is 0 Å². The van der Waals surface area contributed by atoms with Crippen molar-refractivity contribution in [3.8, 4) is 0 Å². The molecule has 23 heavy (non-hydrogen) atoms. The molecule has 1 aromatic rings. The summed E-state index contributed by atoms with van der Waals surface area (Å²) >= 11 is 0. The van der Waals surface area contributed by atoms with E-state index in [1.54, 1.807) is 14.0 Å². The van der Waals surface area contributed by atoms with Crippen LogP contribution in [0.25, 0.3) is 0 Å². The molecule has 3 rings (SSSR count). The summed E-state index contributed by atoms with van der Waals surface area (Å²) in [6.45, 7) is 5.79. The van der Waals surface area contributed by atoms with Gasteiger partial charge >= 0.3 is 0 Å². The Morgan fingerprint density at radius 2 is 2.13 bits per heavy atom. The molecule has 7 nitrogen and oxygen atoms in total. The number of methoxy groups -OCH3 is 1. The summed E-state index contributed by atoms with van der Waals surface area (Å²) in [5, 5.41) is 8.64. The first kappa shape index (κ1) is 16.4. The van der Waals surface area contributed by atoms with Crippen molar-refractivity contribution in [1.29, 1.82) is 0 Å². The zero-order valence-corrected chi connectivity index (χ0v) is 14.4. The van der Waals surface area contributed by atoms with Gasteiger partial charge in [0.25, 0.3) is 0 Å². The molecule has 2 heterocycles. The van der Waals surface area contributed by atoms with Gasteiger partial charge in [0.1, 0.15) is 5.82 Å². The number of carbonyl (C=O) groups is 1. The Labute approximate surface area is 137 Å². The first-order valence-corrected chi connectivity index (χ1v) is 8.46. The van der Waals surface area contributed by atoms with Crippen LogP contribution in [0.15, 0.2) is 0 Å². The van der Waals surface area contributed by atoms with E-state index in [0.717, 1.165) is 44.3 Å². The monoisotopic (exact) mass is 321 g/mol. The highest BCUT2D eigenvalue weighted by molar-refractivity contribution is 5.73. The molecule has 1 saturated carbocycles. The number of hydrogen-bond acceptors (Lipinski definition) is 5. The van der Waals surface area contributed by atoms with Gasteiger partial charge in [0, 0.05) is 52.7 Å². The van der Waals surface area contributed by atoms with Crippen molar-refractivity contribution < 1.29 is 9.53 Å². The van der Waals surface area contributed by atoms with E-state index >= 15 is 0 Å². The molecular formula is C16H27N5O2. The molecule has 0 aromatic carbocycles. The van der Waals surface area contributed by atoms with Gasteiger partial charge in [-0.15, -0.1) is 10.2 Å². The van der Waals surface area contributed by atoms with Gasteiger partial charge in [0.05, 0.1) is 13.2 Å². The molecule has 0 bridgehead atoms. The molecule has 1 saturated heterocycles. The fourth-order valence-electron chi connectivity index (χ4n) is 3.35. The van der Waals surface area contributed by atoms with Gasteiger partial charge in [-0.1, -0.05) is 0 Å². The summed E-state index contributed by atoms with van der Waals surface area (Å²) in [5.74, 6) is 2.64. The average Bonchev–Trinajstić information content (AvgIpc) is 3.15. The second-order valence-electron chi connectivity index (χ2n) is 6.69. The average molecular weight is 321 g/mol. The van der Waals surface area contributed by atoms with Crippen LogP contribution in [0.3, 0.4) is 0 Å². The smallest absolute Gasteiger partial charge is 0.220 e. The number of hydrogen-bond donors (Lipinski definition) is 0. The van der Waals surface area contributed by atoms with E-state index in [4.69, 9.17) is 4.74 Å². The lowest BCUT2D eigenvalue weighted by Gasteiger charge is -2.27. The molecule has 0 radical (unpaired) electrons. The highest BCUT2D eigenvalue weighted by Gasteiger charge is 2.32. The van der Waals surface area contributed by atoms with Gasteiger partial charge in [0.15, 0.2) is 5.82 Å². The Kier molecular flexibility index (Phi) is 4.96. The molecule has 7 heteroatoms. The third-order valence-corrected chi connectivity index (χ3v) is 4.96. The van der Waals surface area contributed by atoms with Crippen molar-refractivity contribution >= 4 is 5.91 Å². The summed E-state index contributed by atoms with van der Waals surface area (Å²) in [7, 11) is 3.74. The van der Waals surface area contributed by atoms with Crippen LogP contribution >= 0.6 is 0 Å². The van der Waals surface area contributed by atoms with E-state index in [1.807, 2.05) is 11.9 Å². The van der Waals surface area contributed by atoms with Gasteiger partial charge in [0.2, 0.25) is 5.91 Å². The van der Waals surface area contributed by atoms with Crippen LogP contribution in [0.4, 0.5) is 0 Å². The molecular weight excluding hydrogens is 294 g/mol. The maximum Gasteiger partial charge on any atom is 0.220 e. The van der Waals surface area contributed by atoms with Gasteiger partial charge < -0.3 is 14.2 Å². The minimum Gasteiger partial charge on any atom is -0.383 e. The molecule has 1 atom stereocenters. The Bertz CT molecular complexity index is 555. The third-order valence-electron chi connectivity index (χ3n) is 4.96. The number of likely N-dealkylation sites (tertiary alicyclic amines) is 1. The Balaban J connectivity index is 1.64. The van der Waals surface area contributed by atoms with Gasteiger partial charge in [-0.25, -0.2) is 0 Å². The zero-order chi connectivity index (χ0) is 16.4. The van der Waals surface area contributed by atoms with Crippen LogP contribution in [0.2, 0.25) is 0 Å². The summed E-state index contributed by atoms with van der Waals surface area (Å²) in [5.41, 5.74) is 0. The maximum absolute atomic E-state index is 12.1. The van der Waals surface area contributed by atoms with Crippen molar-refractivity contribution in [3.05, 3.63) is 11.6 Å². The highest BCUT2D eigenvalue weighted by atomic mass is 16.5. The van der Waals surface area contributed by atoms with Crippen molar-refractivity contribution in [1.82, 2.24) is 24.6 Å². The highest BCUT2D eigenvalue weighted by Crippen LogP contribution is 2.38. The predicted octanol–water partition coefficient (Wildman–Crippen LogP) is 0.762. The summed E-state index contributed by atoms with van der Waals surface area (Å²) in [6, 6.07) is 0.255. The minimum atomic E-state index is 0.111. The number of rotatable bonds is 7. The number of carbonyl (C=O) groups excluding carboxylic acids is 1. The quantitative estimate of drug-likeness (QED) is 0.742. The fourth-order valence-corrected chi connectivity index (χ4v) is 3.35. The van der Waals surface area contributed by atoms with Crippen LogP contribution in [0.5, 0.6) is 0 Å². The SMILES string of the molecule is COCCN1CC[C@@H](N(Cc2nnc(C3CC3)n2C)C(C)=O)C1. The minimum absolute atomic E-state index is 0.111. The number of nitrogens with zero attached hydrogens (tertiary/aromatic N) is 5. The predicted molar refractivity (Wildman–Crippen MR) is 85.9 cm³/mol. The van der Waals surface area contributed by atoms with E-state index in [9.17, 15) is 4.79 Å². The van der Waals surface area contributed by atoms with Crippen molar-refractivity contribution in [2.45, 2.75) is 44.7 Å². The number of aromatic nitrogens is 3. The Morgan fingerprint density at radius 1 is 1.35 bits per heavy atom. The molecule has 1 amide bonds. The number of ether oxygens (including phenoxy) is 1. The van der Waals surface area contributed by atoms with E-state index in [1.165, 1.54) is 12.8 Å². The zero-order valence-electron chi connectivity index (χ0n) is 14.4. The van der Waals surface area contributed by atoms with Crippen LogP contribution in [-0.2, 0) is 23.1 Å². The lowest BCUT2D eigenvalue weighted by atomic mass is 10.2. The van der Waals surface area contributed by atoms with Crippen LogP contribution in [0, 0.1) is 0 Å². The normalized spacial score (nSPS) is 21.8. The van der Waals surface area contributed by atoms with Gasteiger partial charge in [-0.2, -0.15) is 0 Å². The molecule has 0 spiro atoms. The van der Waals surface area contributed by atoms with Crippen molar-refractivity contribution in [2.24, 2.45) is 7.05 Å². The second-order valence-corrected chi connectivity index (χ2v) is 6.69. The van der Waals surface area contributed by atoms with Gasteiger partial charge in [-0.05, 0) is 19.3 Å². The third kappa shape index (κ3) is 3.72. The topological polar surface area (TPSA) is 63.5 Å². The van der Waals surface area contributed by atoms with Crippen molar-refractivity contribution in [2.75, 3.05) is 33.4 Å².